The molecule has 2 aromatic rings. The first-order valence-electron chi connectivity index (χ1n) is 5.04. The molecule has 0 unspecified atom stereocenters. The van der Waals surface area contributed by atoms with Gasteiger partial charge >= 0.3 is 0 Å². The van der Waals surface area contributed by atoms with Gasteiger partial charge in [0.15, 0.2) is 0 Å². The van der Waals surface area contributed by atoms with E-state index in [1.807, 2.05) is 0 Å². The van der Waals surface area contributed by atoms with Gasteiger partial charge in [0.25, 0.3) is 0 Å². The fourth-order valence-electron chi connectivity index (χ4n) is 2.50. The zero-order valence-electron chi connectivity index (χ0n) is 8.18. The van der Waals surface area contributed by atoms with Crippen molar-refractivity contribution in [3.05, 3.63) is 34.5 Å². The summed E-state index contributed by atoms with van der Waals surface area (Å²) in [5.74, 6) is 0. The Kier molecular flexibility index (Phi) is 1.65. The van der Waals surface area contributed by atoms with Crippen molar-refractivity contribution in [3.63, 3.8) is 0 Å². The Balaban J connectivity index is 2.48. The zero-order valence-corrected chi connectivity index (χ0v) is 8.93. The van der Waals surface area contributed by atoms with Gasteiger partial charge in [-0.1, -0.05) is 11.6 Å². The van der Waals surface area contributed by atoms with E-state index < -0.39 is 0 Å². The Morgan fingerprint density at radius 1 is 1.29 bits per heavy atom. The van der Waals surface area contributed by atoms with Crippen molar-refractivity contribution in [1.29, 1.82) is 0 Å². The van der Waals surface area contributed by atoms with Crippen LogP contribution < -0.4 is 0 Å². The van der Waals surface area contributed by atoms with Crippen LogP contribution in [0.1, 0.15) is 17.7 Å². The average Bonchev–Trinajstić information content (AvgIpc) is 2.45. The molecule has 0 fully saturated rings. The molecule has 3 rings (SSSR count). The molecule has 2 heteroatoms. The first-order chi connectivity index (χ1) is 6.75. The van der Waals surface area contributed by atoms with E-state index in [0.29, 0.717) is 0 Å². The van der Waals surface area contributed by atoms with E-state index in [1.54, 1.807) is 0 Å². The summed E-state index contributed by atoms with van der Waals surface area (Å²) in [6.45, 7) is 3.33. The highest BCUT2D eigenvalue weighted by Gasteiger charge is 2.14. The van der Waals surface area contributed by atoms with Crippen molar-refractivity contribution in [3.8, 4) is 0 Å². The van der Waals surface area contributed by atoms with Gasteiger partial charge < -0.3 is 4.57 Å². The van der Waals surface area contributed by atoms with Crippen LogP contribution in [0.2, 0.25) is 5.02 Å². The first-order valence-corrected chi connectivity index (χ1v) is 5.42. The number of aryl methyl sites for hydroxylation is 3. The smallest absolute Gasteiger partial charge is 0.0516 e. The van der Waals surface area contributed by atoms with Crippen LogP contribution in [0.4, 0.5) is 0 Å². The van der Waals surface area contributed by atoms with Crippen LogP contribution >= 0.6 is 11.6 Å². The fourth-order valence-corrected chi connectivity index (χ4v) is 2.75. The molecule has 1 aliphatic rings. The lowest BCUT2D eigenvalue weighted by Gasteiger charge is -2.17. The topological polar surface area (TPSA) is 4.93 Å². The third kappa shape index (κ3) is 1.02. The number of benzene rings is 1. The molecule has 0 amide bonds. The van der Waals surface area contributed by atoms with Crippen LogP contribution in [0, 0.1) is 6.92 Å². The predicted molar refractivity (Wildman–Crippen MR) is 60.0 cm³/mol. The third-order valence-electron chi connectivity index (χ3n) is 3.07. The first kappa shape index (κ1) is 8.37. The van der Waals surface area contributed by atoms with E-state index in [0.717, 1.165) is 11.6 Å². The van der Waals surface area contributed by atoms with Crippen LogP contribution in [-0.2, 0) is 13.0 Å². The standard InChI is InChI=1S/C12H12ClN/c1-8-5-10-7-11(13)6-9-3-2-4-14(8)12(9)10/h5-7H,2-4H2,1H3. The van der Waals surface area contributed by atoms with Gasteiger partial charge in [0.1, 0.15) is 0 Å². The molecule has 0 radical (unpaired) electrons. The number of halogens is 1. The Hall–Kier alpha value is -0.950. The average molecular weight is 206 g/mol. The van der Waals surface area contributed by atoms with Crippen LogP contribution in [-0.4, -0.2) is 4.57 Å². The minimum atomic E-state index is 0.867. The number of hydrogen-bond donors (Lipinski definition) is 0. The summed E-state index contributed by atoms with van der Waals surface area (Å²) < 4.78 is 2.41. The minimum Gasteiger partial charge on any atom is -0.345 e. The fraction of sp³-hybridized carbons (Fsp3) is 0.333. The Morgan fingerprint density at radius 3 is 3.00 bits per heavy atom. The number of hydrogen-bond acceptors (Lipinski definition) is 0. The molecule has 0 N–H and O–H groups in total. The van der Waals surface area contributed by atoms with Crippen molar-refractivity contribution >= 4 is 22.5 Å². The highest BCUT2D eigenvalue weighted by molar-refractivity contribution is 6.31. The molecular formula is C12H12ClN. The molecule has 1 aliphatic heterocycles. The molecule has 1 aromatic heterocycles. The van der Waals surface area contributed by atoms with Crippen LogP contribution in [0.15, 0.2) is 18.2 Å². The number of nitrogens with zero attached hydrogens (tertiary/aromatic N) is 1. The van der Waals surface area contributed by atoms with Crippen LogP contribution in [0.3, 0.4) is 0 Å². The SMILES string of the molecule is Cc1cc2cc(Cl)cc3c2n1CCC3. The van der Waals surface area contributed by atoms with Gasteiger partial charge in [-0.2, -0.15) is 0 Å². The van der Waals surface area contributed by atoms with Crippen molar-refractivity contribution in [2.24, 2.45) is 0 Å². The quantitative estimate of drug-likeness (QED) is 0.620. The highest BCUT2D eigenvalue weighted by Crippen LogP contribution is 2.31. The molecule has 14 heavy (non-hydrogen) atoms. The molecule has 72 valence electrons. The van der Waals surface area contributed by atoms with Crippen molar-refractivity contribution in [2.75, 3.05) is 0 Å². The molecule has 0 saturated heterocycles. The summed E-state index contributed by atoms with van der Waals surface area (Å²) in [4.78, 5) is 0. The normalized spacial score (nSPS) is 15.0. The molecule has 0 atom stereocenters. The monoisotopic (exact) mass is 205 g/mol. The minimum absolute atomic E-state index is 0.867. The third-order valence-corrected chi connectivity index (χ3v) is 3.29. The lowest BCUT2D eigenvalue weighted by molar-refractivity contribution is 0.623. The highest BCUT2D eigenvalue weighted by atomic mass is 35.5. The van der Waals surface area contributed by atoms with Gasteiger partial charge in [-0.15, -0.1) is 0 Å². The van der Waals surface area contributed by atoms with Gasteiger partial charge in [-0.3, -0.25) is 0 Å². The van der Waals surface area contributed by atoms with Crippen LogP contribution in [0.5, 0.6) is 0 Å². The molecule has 0 bridgehead atoms. The second kappa shape index (κ2) is 2.77. The van der Waals surface area contributed by atoms with Crippen LogP contribution in [0.25, 0.3) is 10.9 Å². The summed E-state index contributed by atoms with van der Waals surface area (Å²) in [7, 11) is 0. The van der Waals surface area contributed by atoms with E-state index in [-0.39, 0.29) is 0 Å². The molecule has 0 saturated carbocycles. The van der Waals surface area contributed by atoms with E-state index in [1.165, 1.54) is 35.0 Å². The lowest BCUT2D eigenvalue weighted by Crippen LogP contribution is -2.08. The maximum atomic E-state index is 6.08. The summed E-state index contributed by atoms with van der Waals surface area (Å²) in [5.41, 5.74) is 4.16. The van der Waals surface area contributed by atoms with E-state index in [2.05, 4.69) is 29.7 Å². The number of rotatable bonds is 0. The molecular weight excluding hydrogens is 194 g/mol. The molecule has 1 nitrogen and oxygen atoms in total. The Labute approximate surface area is 88.3 Å². The summed E-state index contributed by atoms with van der Waals surface area (Å²) in [6.07, 6.45) is 2.40. The summed E-state index contributed by atoms with van der Waals surface area (Å²) in [5, 5.41) is 2.16. The van der Waals surface area contributed by atoms with Gasteiger partial charge in [-0.25, -0.2) is 0 Å². The zero-order chi connectivity index (χ0) is 9.71. The maximum Gasteiger partial charge on any atom is 0.0516 e. The summed E-state index contributed by atoms with van der Waals surface area (Å²) in [6, 6.07) is 6.41. The van der Waals surface area contributed by atoms with E-state index in [9.17, 15) is 0 Å². The second-order valence-electron chi connectivity index (χ2n) is 4.04. The molecule has 0 spiro atoms. The van der Waals surface area contributed by atoms with E-state index >= 15 is 0 Å². The Morgan fingerprint density at radius 2 is 2.14 bits per heavy atom. The van der Waals surface area contributed by atoms with Gasteiger partial charge in [-0.05, 0) is 43.5 Å². The summed E-state index contributed by atoms with van der Waals surface area (Å²) >= 11 is 6.08. The van der Waals surface area contributed by atoms with Gasteiger partial charge in [0.05, 0.1) is 5.52 Å². The van der Waals surface area contributed by atoms with Crippen molar-refractivity contribution < 1.29 is 0 Å². The van der Waals surface area contributed by atoms with Crippen molar-refractivity contribution in [1.82, 2.24) is 4.57 Å². The lowest BCUT2D eigenvalue weighted by atomic mass is 10.0. The predicted octanol–water partition coefficient (Wildman–Crippen LogP) is 3.55. The maximum absolute atomic E-state index is 6.08. The van der Waals surface area contributed by atoms with Gasteiger partial charge in [0.2, 0.25) is 0 Å². The largest absolute Gasteiger partial charge is 0.345 e. The van der Waals surface area contributed by atoms with Gasteiger partial charge in [0, 0.05) is 22.6 Å². The molecule has 1 aromatic carbocycles. The number of aromatic nitrogens is 1. The molecule has 2 heterocycles. The second-order valence-corrected chi connectivity index (χ2v) is 4.48. The Bertz CT molecular complexity index is 511. The van der Waals surface area contributed by atoms with E-state index in [4.69, 9.17) is 11.6 Å². The molecule has 0 aliphatic carbocycles. The van der Waals surface area contributed by atoms with Crippen molar-refractivity contribution in [2.45, 2.75) is 26.3 Å².